The van der Waals surface area contributed by atoms with Gasteiger partial charge in [-0.3, -0.25) is 9.89 Å². The van der Waals surface area contributed by atoms with Gasteiger partial charge in [0.1, 0.15) is 0 Å². The summed E-state index contributed by atoms with van der Waals surface area (Å²) >= 11 is 0. The molecule has 0 fully saturated rings. The molecule has 1 aliphatic carbocycles. The van der Waals surface area contributed by atoms with Gasteiger partial charge in [-0.1, -0.05) is 0 Å². The molecular weight excluding hydrogens is 297 g/mol. The molecule has 0 radical (unpaired) electrons. The van der Waals surface area contributed by atoms with Crippen LogP contribution in [0.2, 0.25) is 0 Å². The molecule has 1 aliphatic rings. The van der Waals surface area contributed by atoms with Crippen LogP contribution in [0.25, 0.3) is 0 Å². The van der Waals surface area contributed by atoms with Crippen molar-refractivity contribution >= 4 is 5.91 Å². The summed E-state index contributed by atoms with van der Waals surface area (Å²) in [5.41, 5.74) is 4.56. The number of halogens is 1. The van der Waals surface area contributed by atoms with Crippen molar-refractivity contribution in [2.45, 2.75) is 39.2 Å². The van der Waals surface area contributed by atoms with E-state index in [-0.39, 0.29) is 23.5 Å². The van der Waals surface area contributed by atoms with Crippen molar-refractivity contribution in [3.05, 3.63) is 46.0 Å². The number of fused-ring (bicyclic) bond motifs is 1. The normalized spacial score (nSPS) is 16.3. The second kappa shape index (κ2) is 6.02. The number of aromatic amines is 1. The molecule has 2 aromatic rings. The Bertz CT molecular complexity index is 735. The highest BCUT2D eigenvalue weighted by atomic mass is 19.1. The van der Waals surface area contributed by atoms with E-state index in [0.29, 0.717) is 6.42 Å². The monoisotopic (exact) mass is 317 g/mol. The van der Waals surface area contributed by atoms with Crippen molar-refractivity contribution in [1.82, 2.24) is 15.5 Å². The maximum Gasteiger partial charge on any atom is 0.225 e. The summed E-state index contributed by atoms with van der Waals surface area (Å²) < 4.78 is 18.8. The molecule has 1 aromatic carbocycles. The van der Waals surface area contributed by atoms with Crippen molar-refractivity contribution in [1.29, 1.82) is 0 Å². The van der Waals surface area contributed by atoms with Crippen LogP contribution in [0.5, 0.6) is 5.75 Å². The summed E-state index contributed by atoms with van der Waals surface area (Å²) in [6, 6.07) is 3.10. The molecule has 23 heavy (non-hydrogen) atoms. The minimum absolute atomic E-state index is 0.0567. The number of nitrogens with one attached hydrogen (secondary N) is 2. The van der Waals surface area contributed by atoms with E-state index in [9.17, 15) is 9.18 Å². The predicted molar refractivity (Wildman–Crippen MR) is 83.9 cm³/mol. The van der Waals surface area contributed by atoms with Gasteiger partial charge in [0, 0.05) is 11.3 Å². The van der Waals surface area contributed by atoms with Crippen molar-refractivity contribution in [2.24, 2.45) is 0 Å². The fraction of sp³-hybridized carbons (Fsp3) is 0.412. The number of benzene rings is 1. The van der Waals surface area contributed by atoms with E-state index in [1.165, 1.54) is 13.2 Å². The molecule has 3 rings (SSSR count). The highest BCUT2D eigenvalue weighted by Crippen LogP contribution is 2.35. The average Bonchev–Trinajstić information content (AvgIpc) is 3.04. The van der Waals surface area contributed by atoms with Crippen LogP contribution in [-0.2, 0) is 17.6 Å². The van der Waals surface area contributed by atoms with Crippen LogP contribution in [0, 0.1) is 19.7 Å². The van der Waals surface area contributed by atoms with Crippen LogP contribution in [0.3, 0.4) is 0 Å². The first-order chi connectivity index (χ1) is 11.0. The highest BCUT2D eigenvalue weighted by molar-refractivity contribution is 5.79. The van der Waals surface area contributed by atoms with E-state index in [4.69, 9.17) is 4.74 Å². The molecule has 0 aliphatic heterocycles. The molecule has 1 atom stereocenters. The number of hydrogen-bond donors (Lipinski definition) is 2. The van der Waals surface area contributed by atoms with Gasteiger partial charge >= 0.3 is 0 Å². The number of rotatable bonds is 4. The number of ether oxygens (including phenoxy) is 1. The van der Waals surface area contributed by atoms with E-state index in [0.717, 1.165) is 40.9 Å². The molecule has 5 nitrogen and oxygen atoms in total. The Balaban J connectivity index is 1.74. The fourth-order valence-electron chi connectivity index (χ4n) is 3.15. The quantitative estimate of drug-likeness (QED) is 0.910. The first-order valence-corrected chi connectivity index (χ1v) is 7.65. The number of carbonyl (C=O) groups excluding carboxylic acids is 1. The molecule has 0 spiro atoms. The summed E-state index contributed by atoms with van der Waals surface area (Å²) in [6.07, 6.45) is 1.82. The molecule has 122 valence electrons. The Kier molecular flexibility index (Phi) is 4.07. The predicted octanol–water partition coefficient (Wildman–Crippen LogP) is 2.52. The Morgan fingerprint density at radius 1 is 1.48 bits per heavy atom. The summed E-state index contributed by atoms with van der Waals surface area (Å²) in [6.45, 7) is 3.78. The molecule has 1 amide bonds. The Hall–Kier alpha value is -2.37. The number of H-pyrrole nitrogens is 1. The molecule has 0 bridgehead atoms. The van der Waals surface area contributed by atoms with Gasteiger partial charge in [0.25, 0.3) is 0 Å². The topological polar surface area (TPSA) is 67.0 Å². The van der Waals surface area contributed by atoms with Crippen LogP contribution in [-0.4, -0.2) is 23.2 Å². The Labute approximate surface area is 134 Å². The van der Waals surface area contributed by atoms with Crippen LogP contribution < -0.4 is 10.1 Å². The van der Waals surface area contributed by atoms with Crippen LogP contribution in [0.15, 0.2) is 12.1 Å². The van der Waals surface area contributed by atoms with Gasteiger partial charge in [-0.25, -0.2) is 4.39 Å². The van der Waals surface area contributed by atoms with E-state index < -0.39 is 0 Å². The fourth-order valence-corrected chi connectivity index (χ4v) is 3.15. The third-order valence-electron chi connectivity index (χ3n) is 4.44. The van der Waals surface area contributed by atoms with Crippen molar-refractivity contribution < 1.29 is 13.9 Å². The zero-order valence-electron chi connectivity index (χ0n) is 13.5. The second-order valence-electron chi connectivity index (χ2n) is 5.93. The first-order valence-electron chi connectivity index (χ1n) is 7.65. The van der Waals surface area contributed by atoms with Gasteiger partial charge in [-0.2, -0.15) is 5.10 Å². The number of methoxy groups -OCH3 is 1. The SMILES string of the molecule is COc1cc2c(cc1F)CCC2NC(=O)Cc1c(C)n[nH]c1C. The molecule has 6 heteroatoms. The summed E-state index contributed by atoms with van der Waals surface area (Å²) in [4.78, 5) is 12.3. The number of nitrogens with zero attached hydrogens (tertiary/aromatic N) is 1. The zero-order chi connectivity index (χ0) is 16.6. The average molecular weight is 317 g/mol. The lowest BCUT2D eigenvalue weighted by Gasteiger charge is -2.15. The van der Waals surface area contributed by atoms with E-state index in [1.807, 2.05) is 13.8 Å². The van der Waals surface area contributed by atoms with Gasteiger partial charge in [-0.15, -0.1) is 0 Å². The maximum atomic E-state index is 13.8. The standard InChI is InChI=1S/C17H20FN3O2/c1-9-12(10(2)21-20-9)8-17(22)19-15-5-4-11-6-14(18)16(23-3)7-13(11)15/h6-7,15H,4-5,8H2,1-3H3,(H,19,22)(H,20,21). The minimum atomic E-state index is -0.358. The zero-order valence-corrected chi connectivity index (χ0v) is 13.5. The third-order valence-corrected chi connectivity index (χ3v) is 4.44. The summed E-state index contributed by atoms with van der Waals surface area (Å²) in [7, 11) is 1.44. The number of aromatic nitrogens is 2. The molecule has 1 unspecified atom stereocenters. The molecule has 0 saturated heterocycles. The van der Waals surface area contributed by atoms with Crippen LogP contribution in [0.1, 0.15) is 40.5 Å². The van der Waals surface area contributed by atoms with Crippen LogP contribution >= 0.6 is 0 Å². The van der Waals surface area contributed by atoms with Crippen molar-refractivity contribution in [2.75, 3.05) is 7.11 Å². The van der Waals surface area contributed by atoms with Gasteiger partial charge in [-0.05, 0) is 49.9 Å². The van der Waals surface area contributed by atoms with E-state index in [2.05, 4.69) is 15.5 Å². The second-order valence-corrected chi connectivity index (χ2v) is 5.93. The lowest BCUT2D eigenvalue weighted by Crippen LogP contribution is -2.28. The molecule has 2 N–H and O–H groups in total. The van der Waals surface area contributed by atoms with Crippen molar-refractivity contribution in [3.63, 3.8) is 0 Å². The van der Waals surface area contributed by atoms with Gasteiger partial charge in [0.15, 0.2) is 11.6 Å². The molecule has 0 saturated carbocycles. The first kappa shape index (κ1) is 15.5. The van der Waals surface area contributed by atoms with Crippen LogP contribution in [0.4, 0.5) is 4.39 Å². The molecular formula is C17H20FN3O2. The van der Waals surface area contributed by atoms with E-state index in [1.54, 1.807) is 6.07 Å². The largest absolute Gasteiger partial charge is 0.494 e. The highest BCUT2D eigenvalue weighted by Gasteiger charge is 2.26. The minimum Gasteiger partial charge on any atom is -0.494 e. The summed E-state index contributed by atoms with van der Waals surface area (Å²) in [5, 5.41) is 10.0. The number of aryl methyl sites for hydroxylation is 3. The smallest absolute Gasteiger partial charge is 0.225 e. The lowest BCUT2D eigenvalue weighted by atomic mass is 10.1. The Morgan fingerprint density at radius 3 is 2.91 bits per heavy atom. The molecule has 1 heterocycles. The van der Waals surface area contributed by atoms with Gasteiger partial charge < -0.3 is 10.1 Å². The number of carbonyl (C=O) groups is 1. The van der Waals surface area contributed by atoms with Gasteiger partial charge in [0.2, 0.25) is 5.91 Å². The van der Waals surface area contributed by atoms with E-state index >= 15 is 0 Å². The lowest BCUT2D eigenvalue weighted by molar-refractivity contribution is -0.121. The molecule has 1 aromatic heterocycles. The number of hydrogen-bond acceptors (Lipinski definition) is 3. The number of amides is 1. The maximum absolute atomic E-state index is 13.8. The Morgan fingerprint density at radius 2 is 2.26 bits per heavy atom. The van der Waals surface area contributed by atoms with Gasteiger partial charge in [0.05, 0.1) is 25.3 Å². The third kappa shape index (κ3) is 2.93. The van der Waals surface area contributed by atoms with Crippen molar-refractivity contribution in [3.8, 4) is 5.75 Å². The summed E-state index contributed by atoms with van der Waals surface area (Å²) in [5.74, 6) is -0.201.